The van der Waals surface area contributed by atoms with E-state index in [-0.39, 0.29) is 29.2 Å². The van der Waals surface area contributed by atoms with Gasteiger partial charge < -0.3 is 15.1 Å². The fourth-order valence-electron chi connectivity index (χ4n) is 5.99. The fraction of sp³-hybridized carbons (Fsp3) is 0.692. The molecular formula is C26H36F3N3O4S. The van der Waals surface area contributed by atoms with Crippen LogP contribution in [0.3, 0.4) is 0 Å². The third-order valence-corrected chi connectivity index (χ3v) is 10.5. The zero-order valence-corrected chi connectivity index (χ0v) is 22.2. The molecule has 7 nitrogen and oxygen atoms in total. The van der Waals surface area contributed by atoms with E-state index in [0.29, 0.717) is 31.8 Å². The Morgan fingerprint density at radius 3 is 2.46 bits per heavy atom. The van der Waals surface area contributed by atoms with E-state index in [1.807, 2.05) is 0 Å². The number of hydrogen-bond acceptors (Lipinski definition) is 5. The lowest BCUT2D eigenvalue weighted by atomic mass is 9.81. The molecule has 0 spiro atoms. The number of hydrogen-bond donors (Lipinski definition) is 1. The van der Waals surface area contributed by atoms with Crippen LogP contribution in [0.4, 0.5) is 13.2 Å². The molecular weight excluding hydrogens is 507 g/mol. The van der Waals surface area contributed by atoms with Crippen molar-refractivity contribution in [2.75, 3.05) is 25.4 Å². The second-order valence-electron chi connectivity index (χ2n) is 10.8. The predicted molar refractivity (Wildman–Crippen MR) is 134 cm³/mol. The number of amides is 2. The van der Waals surface area contributed by atoms with Crippen LogP contribution in [0.25, 0.3) is 0 Å². The van der Waals surface area contributed by atoms with Gasteiger partial charge >= 0.3 is 6.18 Å². The van der Waals surface area contributed by atoms with Crippen LogP contribution in [0.2, 0.25) is 0 Å². The largest absolute Gasteiger partial charge is 0.416 e. The summed E-state index contributed by atoms with van der Waals surface area (Å²) in [4.78, 5) is 30.2. The number of alkyl halides is 3. The van der Waals surface area contributed by atoms with Gasteiger partial charge in [-0.3, -0.25) is 9.59 Å². The topological polar surface area (TPSA) is 86.8 Å². The minimum Gasteiger partial charge on any atom is -0.340 e. The fourth-order valence-corrected chi connectivity index (χ4v) is 7.33. The minimum atomic E-state index is -4.57. The van der Waals surface area contributed by atoms with Crippen LogP contribution >= 0.6 is 0 Å². The van der Waals surface area contributed by atoms with E-state index in [1.165, 1.54) is 12.1 Å². The van der Waals surface area contributed by atoms with Gasteiger partial charge in [-0.05, 0) is 89.6 Å². The SMILES string of the molecule is CC(C)S(=O)(=O)C[C@@H]1C[C@H](N2CCCC2)CC[C@@H]1N1CC[C@H](NC(=O)c2cccc(C(F)(F)F)c2)C1=O. The monoisotopic (exact) mass is 543 g/mol. The van der Waals surface area contributed by atoms with Gasteiger partial charge in [0.25, 0.3) is 5.91 Å². The zero-order valence-electron chi connectivity index (χ0n) is 21.3. The third-order valence-electron chi connectivity index (χ3n) is 8.13. The van der Waals surface area contributed by atoms with Crippen molar-refractivity contribution >= 4 is 21.7 Å². The number of benzene rings is 1. The summed E-state index contributed by atoms with van der Waals surface area (Å²) in [6.45, 7) is 5.76. The summed E-state index contributed by atoms with van der Waals surface area (Å²) in [6.07, 6.45) is 0.337. The van der Waals surface area contributed by atoms with Crippen molar-refractivity contribution in [1.29, 1.82) is 0 Å². The maximum atomic E-state index is 13.4. The van der Waals surface area contributed by atoms with E-state index < -0.39 is 38.8 Å². The second-order valence-corrected chi connectivity index (χ2v) is 13.4. The number of nitrogens with one attached hydrogen (secondary N) is 1. The van der Waals surface area contributed by atoms with Crippen LogP contribution in [0, 0.1) is 5.92 Å². The maximum absolute atomic E-state index is 13.4. The molecule has 3 aliphatic rings. The van der Waals surface area contributed by atoms with E-state index >= 15 is 0 Å². The summed E-state index contributed by atoms with van der Waals surface area (Å²) in [5, 5.41) is 2.10. The predicted octanol–water partition coefficient (Wildman–Crippen LogP) is 3.49. The Labute approximate surface area is 216 Å². The quantitative estimate of drug-likeness (QED) is 0.569. The van der Waals surface area contributed by atoms with Crippen molar-refractivity contribution in [3.05, 3.63) is 35.4 Å². The molecule has 1 N–H and O–H groups in total. The van der Waals surface area contributed by atoms with Crippen LogP contribution in [0.5, 0.6) is 0 Å². The molecule has 0 radical (unpaired) electrons. The summed E-state index contributed by atoms with van der Waals surface area (Å²) in [7, 11) is -3.33. The highest BCUT2D eigenvalue weighted by Crippen LogP contribution is 2.36. The van der Waals surface area contributed by atoms with Crippen molar-refractivity contribution in [1.82, 2.24) is 15.1 Å². The molecule has 1 aromatic carbocycles. The van der Waals surface area contributed by atoms with E-state index in [4.69, 9.17) is 0 Å². The van der Waals surface area contributed by atoms with Crippen LogP contribution in [-0.4, -0.2) is 78.8 Å². The maximum Gasteiger partial charge on any atom is 0.416 e. The standard InChI is InChI=1S/C26H36F3N3O4S/c1-17(2)37(35,36)16-19-15-21(31-11-3-4-12-31)8-9-23(19)32-13-10-22(25(32)34)30-24(33)18-6-5-7-20(14-18)26(27,28)29/h5-7,14,17,19,21-23H,3-4,8-13,15-16H2,1-2H3,(H,30,33)/t19-,21+,22-,23-/m0/s1. The van der Waals surface area contributed by atoms with Gasteiger partial charge in [-0.2, -0.15) is 13.2 Å². The summed E-state index contributed by atoms with van der Waals surface area (Å²) in [5.74, 6) is -1.21. The molecule has 11 heteroatoms. The van der Waals surface area contributed by atoms with Gasteiger partial charge in [0.2, 0.25) is 5.91 Å². The molecule has 37 heavy (non-hydrogen) atoms. The first kappa shape index (κ1) is 27.9. The van der Waals surface area contributed by atoms with Gasteiger partial charge in [0.1, 0.15) is 6.04 Å². The lowest BCUT2D eigenvalue weighted by Gasteiger charge is -2.43. The number of rotatable bonds is 7. The third kappa shape index (κ3) is 6.30. The molecule has 2 heterocycles. The Kier molecular flexibility index (Phi) is 8.23. The molecule has 0 unspecified atom stereocenters. The van der Waals surface area contributed by atoms with E-state index in [1.54, 1.807) is 18.7 Å². The molecule has 1 aliphatic carbocycles. The summed E-state index contributed by atoms with van der Waals surface area (Å²) in [5.41, 5.74) is -1.09. The van der Waals surface area contributed by atoms with Crippen molar-refractivity contribution < 1.29 is 31.2 Å². The normalized spacial score (nSPS) is 27.7. The van der Waals surface area contributed by atoms with E-state index in [9.17, 15) is 31.2 Å². The Morgan fingerprint density at radius 2 is 1.81 bits per heavy atom. The van der Waals surface area contributed by atoms with Crippen LogP contribution in [0.1, 0.15) is 68.3 Å². The Balaban J connectivity index is 1.46. The van der Waals surface area contributed by atoms with Crippen molar-refractivity contribution in [2.24, 2.45) is 5.92 Å². The molecule has 4 rings (SSSR count). The number of likely N-dealkylation sites (tertiary alicyclic amines) is 2. The van der Waals surface area contributed by atoms with Crippen molar-refractivity contribution in [3.63, 3.8) is 0 Å². The minimum absolute atomic E-state index is 0.0186. The Hall–Kier alpha value is -2.14. The van der Waals surface area contributed by atoms with Gasteiger partial charge in [-0.1, -0.05) is 6.07 Å². The molecule has 1 saturated carbocycles. The number of carbonyl (C=O) groups is 2. The average Bonchev–Trinajstić information content (AvgIpc) is 3.49. The first-order valence-corrected chi connectivity index (χ1v) is 14.8. The van der Waals surface area contributed by atoms with Crippen molar-refractivity contribution in [3.8, 4) is 0 Å². The van der Waals surface area contributed by atoms with Crippen LogP contribution in [0.15, 0.2) is 24.3 Å². The summed E-state index contributed by atoms with van der Waals surface area (Å²) >= 11 is 0. The van der Waals surface area contributed by atoms with Crippen LogP contribution < -0.4 is 5.32 Å². The number of carbonyl (C=O) groups excluding carboxylic acids is 2. The molecule has 3 fully saturated rings. The van der Waals surface area contributed by atoms with Crippen LogP contribution in [-0.2, 0) is 20.8 Å². The first-order chi connectivity index (χ1) is 17.4. The van der Waals surface area contributed by atoms with Gasteiger partial charge in [0.15, 0.2) is 9.84 Å². The van der Waals surface area contributed by atoms with Gasteiger partial charge in [0.05, 0.1) is 16.6 Å². The highest BCUT2D eigenvalue weighted by Gasteiger charge is 2.44. The molecule has 1 aromatic rings. The molecule has 206 valence electrons. The van der Waals surface area contributed by atoms with Crippen molar-refractivity contribution in [2.45, 2.75) is 81.9 Å². The molecule has 2 amide bonds. The highest BCUT2D eigenvalue weighted by molar-refractivity contribution is 7.91. The summed E-state index contributed by atoms with van der Waals surface area (Å²) < 4.78 is 64.9. The first-order valence-electron chi connectivity index (χ1n) is 13.1. The number of sulfone groups is 1. The molecule has 0 bridgehead atoms. The average molecular weight is 544 g/mol. The molecule has 2 saturated heterocycles. The van der Waals surface area contributed by atoms with Gasteiger partial charge in [-0.15, -0.1) is 0 Å². The van der Waals surface area contributed by atoms with Gasteiger partial charge in [0, 0.05) is 24.2 Å². The molecule has 2 aliphatic heterocycles. The Bertz CT molecular complexity index is 1100. The lowest BCUT2D eigenvalue weighted by molar-refractivity contribution is -0.137. The second kappa shape index (κ2) is 10.9. The number of nitrogens with zero attached hydrogens (tertiary/aromatic N) is 2. The summed E-state index contributed by atoms with van der Waals surface area (Å²) in [6, 6.07) is 3.34. The Morgan fingerprint density at radius 1 is 1.11 bits per heavy atom. The number of halogens is 3. The highest BCUT2D eigenvalue weighted by atomic mass is 32.2. The van der Waals surface area contributed by atoms with E-state index in [0.717, 1.165) is 44.5 Å². The van der Waals surface area contributed by atoms with Gasteiger partial charge in [-0.25, -0.2) is 8.42 Å². The molecule has 0 aromatic heterocycles. The zero-order chi connectivity index (χ0) is 27.0. The van der Waals surface area contributed by atoms with E-state index in [2.05, 4.69) is 10.2 Å². The smallest absolute Gasteiger partial charge is 0.340 e. The molecule has 4 atom stereocenters. The lowest BCUT2D eigenvalue weighted by Crippen LogP contribution is -2.53.